The molecular weight excluding hydrogens is 576 g/mol. The molecule has 6 aromatic carbocycles. The second-order valence-electron chi connectivity index (χ2n) is 11.7. The molecule has 3 heterocycles. The fourth-order valence-corrected chi connectivity index (χ4v) is 6.43. The molecule has 1 atom stereocenters. The molecule has 1 aliphatic heterocycles. The van der Waals surface area contributed by atoms with E-state index in [0.29, 0.717) is 0 Å². The monoisotopic (exact) mass is 604 g/mol. The van der Waals surface area contributed by atoms with Crippen molar-refractivity contribution in [2.45, 2.75) is 6.17 Å². The van der Waals surface area contributed by atoms with Gasteiger partial charge in [0.05, 0.1) is 0 Å². The Morgan fingerprint density at radius 1 is 0.511 bits per heavy atom. The number of pyridine rings is 1. The average Bonchev–Trinajstić information content (AvgIpc) is 3.54. The van der Waals surface area contributed by atoms with Gasteiger partial charge in [-0.15, -0.1) is 0 Å². The number of amidine groups is 2. The lowest BCUT2D eigenvalue weighted by atomic mass is 9.99. The van der Waals surface area contributed by atoms with Gasteiger partial charge in [-0.25, -0.2) is 9.98 Å². The van der Waals surface area contributed by atoms with Crippen LogP contribution in [0.4, 0.5) is 0 Å². The number of nitrogens with one attached hydrogen (secondary N) is 1. The van der Waals surface area contributed by atoms with E-state index in [0.717, 1.165) is 66.8 Å². The van der Waals surface area contributed by atoms with Crippen molar-refractivity contribution >= 4 is 44.4 Å². The highest BCUT2D eigenvalue weighted by Gasteiger charge is 2.23. The van der Waals surface area contributed by atoms with Gasteiger partial charge >= 0.3 is 0 Å². The van der Waals surface area contributed by atoms with Gasteiger partial charge in [0.15, 0.2) is 6.17 Å². The predicted octanol–water partition coefficient (Wildman–Crippen LogP) is 9.96. The van der Waals surface area contributed by atoms with E-state index in [4.69, 9.17) is 14.4 Å². The maximum Gasteiger partial charge on any atom is 0.169 e. The molecule has 5 nitrogen and oxygen atoms in total. The van der Waals surface area contributed by atoms with Crippen molar-refractivity contribution < 1.29 is 4.42 Å². The molecule has 8 aromatic rings. The van der Waals surface area contributed by atoms with Crippen LogP contribution in [0.15, 0.2) is 172 Å². The van der Waals surface area contributed by atoms with Crippen molar-refractivity contribution in [2.75, 3.05) is 0 Å². The van der Waals surface area contributed by atoms with Gasteiger partial charge in [0, 0.05) is 34.3 Å². The van der Waals surface area contributed by atoms with Gasteiger partial charge in [0.1, 0.15) is 22.8 Å². The largest absolute Gasteiger partial charge is 0.456 e. The van der Waals surface area contributed by atoms with Crippen LogP contribution in [0.3, 0.4) is 0 Å². The van der Waals surface area contributed by atoms with E-state index in [1.54, 1.807) is 6.20 Å². The first-order valence-electron chi connectivity index (χ1n) is 15.7. The van der Waals surface area contributed by atoms with Crippen molar-refractivity contribution in [3.05, 3.63) is 175 Å². The number of hydrogen-bond acceptors (Lipinski definition) is 5. The van der Waals surface area contributed by atoms with E-state index >= 15 is 0 Å². The minimum Gasteiger partial charge on any atom is -0.456 e. The standard InChI is InChI=1S/C42H28N4O/c1-2-7-27(8-3-1)29-13-15-30(16-14-29)31-17-20-32(21-18-31)40-44-41(34-22-19-28-9-4-5-10-33(28)25-34)46-42(45-40)35-11-6-12-38-39(35)36-26-43-24-23-37(36)47-38/h1-26,41H,(H,44,45,46). The lowest BCUT2D eigenvalue weighted by Crippen LogP contribution is -2.36. The number of furan rings is 1. The molecule has 0 radical (unpaired) electrons. The molecule has 0 amide bonds. The lowest BCUT2D eigenvalue weighted by molar-refractivity contribution is 0.668. The molecular formula is C42H28N4O. The molecule has 1 N–H and O–H groups in total. The Balaban J connectivity index is 1.11. The van der Waals surface area contributed by atoms with Gasteiger partial charge in [0.25, 0.3) is 0 Å². The number of nitrogens with zero attached hydrogens (tertiary/aromatic N) is 3. The first-order chi connectivity index (χ1) is 23.3. The van der Waals surface area contributed by atoms with Crippen LogP contribution in [-0.4, -0.2) is 16.7 Å². The average molecular weight is 605 g/mol. The van der Waals surface area contributed by atoms with Gasteiger partial charge in [-0.05, 0) is 56.8 Å². The van der Waals surface area contributed by atoms with E-state index < -0.39 is 6.17 Å². The molecule has 0 saturated heterocycles. The normalized spacial score (nSPS) is 14.6. The van der Waals surface area contributed by atoms with Crippen LogP contribution in [0.1, 0.15) is 22.9 Å². The van der Waals surface area contributed by atoms with Crippen molar-refractivity contribution in [3.63, 3.8) is 0 Å². The van der Waals surface area contributed by atoms with Crippen molar-refractivity contribution in [3.8, 4) is 22.3 Å². The van der Waals surface area contributed by atoms with Gasteiger partial charge in [-0.2, -0.15) is 0 Å². The lowest BCUT2D eigenvalue weighted by Gasteiger charge is -2.23. The summed E-state index contributed by atoms with van der Waals surface area (Å²) in [7, 11) is 0. The zero-order valence-corrected chi connectivity index (χ0v) is 25.3. The van der Waals surface area contributed by atoms with E-state index in [9.17, 15) is 0 Å². The molecule has 0 bridgehead atoms. The third-order valence-electron chi connectivity index (χ3n) is 8.85. The smallest absolute Gasteiger partial charge is 0.169 e. The Kier molecular flexibility index (Phi) is 6.46. The fourth-order valence-electron chi connectivity index (χ4n) is 6.43. The summed E-state index contributed by atoms with van der Waals surface area (Å²) in [4.78, 5) is 14.7. The van der Waals surface area contributed by atoms with Crippen molar-refractivity contribution in [1.82, 2.24) is 10.3 Å². The molecule has 47 heavy (non-hydrogen) atoms. The van der Waals surface area contributed by atoms with Gasteiger partial charge in [-0.1, -0.05) is 127 Å². The molecule has 2 aromatic heterocycles. The SMILES string of the molecule is c1ccc(-c2ccc(-c3ccc(C4=NC(c5ccc6ccccc6c5)N=C(c5cccc6oc7ccncc7c56)N4)cc3)cc2)cc1. The summed E-state index contributed by atoms with van der Waals surface area (Å²) in [5.41, 5.74) is 9.28. The van der Waals surface area contributed by atoms with Gasteiger partial charge < -0.3 is 9.73 Å². The third kappa shape index (κ3) is 4.95. The molecule has 0 fully saturated rings. The number of rotatable bonds is 5. The Labute approximate surface area is 271 Å². The van der Waals surface area contributed by atoms with Crippen LogP contribution in [0.25, 0.3) is 55.0 Å². The highest BCUT2D eigenvalue weighted by Crippen LogP contribution is 2.34. The van der Waals surface area contributed by atoms with E-state index in [1.807, 2.05) is 30.5 Å². The maximum absolute atomic E-state index is 6.19. The van der Waals surface area contributed by atoms with E-state index in [-0.39, 0.29) is 0 Å². The molecule has 9 rings (SSSR count). The molecule has 1 aliphatic rings. The summed E-state index contributed by atoms with van der Waals surface area (Å²) < 4.78 is 6.19. The molecule has 0 aliphatic carbocycles. The Hall–Kier alpha value is -6.33. The summed E-state index contributed by atoms with van der Waals surface area (Å²) in [6, 6.07) is 50.6. The fraction of sp³-hybridized carbons (Fsp3) is 0.0238. The quantitative estimate of drug-likeness (QED) is 0.213. The van der Waals surface area contributed by atoms with Crippen LogP contribution in [0.2, 0.25) is 0 Å². The maximum atomic E-state index is 6.19. The summed E-state index contributed by atoms with van der Waals surface area (Å²) >= 11 is 0. The number of aliphatic imine (C=N–C) groups is 2. The Bertz CT molecular complexity index is 2480. The summed E-state index contributed by atoms with van der Waals surface area (Å²) in [6.45, 7) is 0. The first-order valence-corrected chi connectivity index (χ1v) is 15.7. The number of hydrogen-bond donors (Lipinski definition) is 1. The Morgan fingerprint density at radius 3 is 1.94 bits per heavy atom. The third-order valence-corrected chi connectivity index (χ3v) is 8.85. The summed E-state index contributed by atoms with van der Waals surface area (Å²) in [5.74, 6) is 1.51. The molecule has 5 heteroatoms. The van der Waals surface area contributed by atoms with Crippen LogP contribution in [-0.2, 0) is 0 Å². The number of benzene rings is 6. The molecule has 0 spiro atoms. The second kappa shape index (κ2) is 11.2. The van der Waals surface area contributed by atoms with Crippen LogP contribution in [0, 0.1) is 0 Å². The van der Waals surface area contributed by atoms with E-state index in [2.05, 4.69) is 132 Å². The highest BCUT2D eigenvalue weighted by atomic mass is 16.3. The zero-order chi connectivity index (χ0) is 31.2. The molecule has 0 saturated carbocycles. The molecule has 1 unspecified atom stereocenters. The van der Waals surface area contributed by atoms with E-state index in [1.165, 1.54) is 16.5 Å². The Morgan fingerprint density at radius 2 is 1.17 bits per heavy atom. The summed E-state index contributed by atoms with van der Waals surface area (Å²) in [5, 5.41) is 7.88. The first kappa shape index (κ1) is 27.0. The minimum atomic E-state index is -0.428. The van der Waals surface area contributed by atoms with Crippen LogP contribution in [0.5, 0.6) is 0 Å². The van der Waals surface area contributed by atoms with Crippen molar-refractivity contribution in [1.29, 1.82) is 0 Å². The number of aromatic nitrogens is 1. The highest BCUT2D eigenvalue weighted by molar-refractivity contribution is 6.23. The van der Waals surface area contributed by atoms with Gasteiger partial charge in [-0.3, -0.25) is 4.98 Å². The predicted molar refractivity (Wildman–Crippen MR) is 192 cm³/mol. The van der Waals surface area contributed by atoms with Gasteiger partial charge in [0.2, 0.25) is 0 Å². The molecule has 222 valence electrons. The number of fused-ring (bicyclic) bond motifs is 4. The van der Waals surface area contributed by atoms with Crippen LogP contribution < -0.4 is 5.32 Å². The topological polar surface area (TPSA) is 62.8 Å². The van der Waals surface area contributed by atoms with Crippen molar-refractivity contribution in [2.24, 2.45) is 9.98 Å². The van der Waals surface area contributed by atoms with Crippen LogP contribution >= 0.6 is 0 Å². The second-order valence-corrected chi connectivity index (χ2v) is 11.7. The zero-order valence-electron chi connectivity index (χ0n) is 25.3. The summed E-state index contributed by atoms with van der Waals surface area (Å²) in [6.07, 6.45) is 3.18. The minimum absolute atomic E-state index is 0.428.